The van der Waals surface area contributed by atoms with Crippen LogP contribution >= 0.6 is 11.6 Å². The van der Waals surface area contributed by atoms with Gasteiger partial charge in [0, 0.05) is 30.6 Å². The molecular formula is C19H22ClN3O. The highest BCUT2D eigenvalue weighted by Gasteiger charge is 2.30. The van der Waals surface area contributed by atoms with E-state index in [0.717, 1.165) is 36.5 Å². The maximum Gasteiger partial charge on any atom is 0.252 e. The number of hydrogen-bond acceptors (Lipinski definition) is 3. The minimum absolute atomic E-state index is 0.0474. The van der Waals surface area contributed by atoms with Crippen LogP contribution in [0.2, 0.25) is 5.15 Å². The molecule has 1 saturated carbocycles. The number of fused-ring (bicyclic) bond motifs is 1. The lowest BCUT2D eigenvalue weighted by atomic mass is 10.1. The number of likely N-dealkylation sites (tertiary alicyclic amines) is 1. The van der Waals surface area contributed by atoms with Crippen molar-refractivity contribution in [2.75, 3.05) is 13.1 Å². The highest BCUT2D eigenvalue weighted by Crippen LogP contribution is 2.27. The molecule has 1 unspecified atom stereocenters. The topological polar surface area (TPSA) is 45.2 Å². The van der Waals surface area contributed by atoms with E-state index in [1.807, 2.05) is 24.3 Å². The highest BCUT2D eigenvalue weighted by molar-refractivity contribution is 6.30. The molecule has 1 aromatic carbocycles. The molecule has 2 heterocycles. The summed E-state index contributed by atoms with van der Waals surface area (Å²) in [6, 6.07) is 10.3. The third-order valence-corrected chi connectivity index (χ3v) is 5.52. The standard InChI is InChI=1S/C19H22ClN3O/c20-18-11-16(15-7-3-4-8-17(15)22-18)19(24)21-13-9-10-23(12-13)14-5-1-2-6-14/h3-4,7-8,11,13-14H,1-2,5-6,9-10,12H2,(H,21,24). The van der Waals surface area contributed by atoms with Crippen molar-refractivity contribution in [3.8, 4) is 0 Å². The monoisotopic (exact) mass is 343 g/mol. The summed E-state index contributed by atoms with van der Waals surface area (Å²) in [6.07, 6.45) is 6.34. The van der Waals surface area contributed by atoms with E-state index in [-0.39, 0.29) is 11.9 Å². The first-order chi connectivity index (χ1) is 11.7. The van der Waals surface area contributed by atoms with E-state index in [9.17, 15) is 4.79 Å². The van der Waals surface area contributed by atoms with Crippen molar-refractivity contribution in [3.63, 3.8) is 0 Å². The molecular weight excluding hydrogens is 322 g/mol. The molecule has 1 amide bonds. The summed E-state index contributed by atoms with van der Waals surface area (Å²) in [4.78, 5) is 19.6. The highest BCUT2D eigenvalue weighted by atomic mass is 35.5. The predicted octanol–water partition coefficient (Wildman–Crippen LogP) is 3.63. The summed E-state index contributed by atoms with van der Waals surface area (Å²) in [5, 5.41) is 4.41. The number of carbonyl (C=O) groups is 1. The third-order valence-electron chi connectivity index (χ3n) is 5.33. The summed E-state index contributed by atoms with van der Waals surface area (Å²) < 4.78 is 0. The lowest BCUT2D eigenvalue weighted by Crippen LogP contribution is -2.39. The van der Waals surface area contributed by atoms with E-state index in [2.05, 4.69) is 15.2 Å². The second-order valence-corrected chi connectivity index (χ2v) is 7.29. The molecule has 4 rings (SSSR count). The van der Waals surface area contributed by atoms with Crippen LogP contribution < -0.4 is 5.32 Å². The van der Waals surface area contributed by atoms with Crippen molar-refractivity contribution in [2.45, 2.75) is 44.2 Å². The number of rotatable bonds is 3. The molecule has 1 aliphatic heterocycles. The van der Waals surface area contributed by atoms with Crippen LogP contribution in [0.4, 0.5) is 0 Å². The molecule has 2 fully saturated rings. The number of hydrogen-bond donors (Lipinski definition) is 1. The molecule has 126 valence electrons. The Balaban J connectivity index is 1.49. The summed E-state index contributed by atoms with van der Waals surface area (Å²) in [6.45, 7) is 2.06. The molecule has 0 bridgehead atoms. The average Bonchev–Trinajstić information content (AvgIpc) is 3.25. The van der Waals surface area contributed by atoms with Gasteiger partial charge in [-0.1, -0.05) is 42.6 Å². The van der Waals surface area contributed by atoms with Crippen LogP contribution in [0.3, 0.4) is 0 Å². The molecule has 0 spiro atoms. The second kappa shape index (κ2) is 6.69. The first-order valence-corrected chi connectivity index (χ1v) is 9.19. The maximum absolute atomic E-state index is 12.8. The molecule has 1 atom stereocenters. The lowest BCUT2D eigenvalue weighted by molar-refractivity contribution is 0.0938. The van der Waals surface area contributed by atoms with Gasteiger partial charge in [-0.3, -0.25) is 9.69 Å². The molecule has 1 N–H and O–H groups in total. The minimum Gasteiger partial charge on any atom is -0.348 e. The van der Waals surface area contributed by atoms with Crippen LogP contribution in [0.25, 0.3) is 10.9 Å². The van der Waals surface area contributed by atoms with Crippen LogP contribution in [0, 0.1) is 0 Å². The number of aromatic nitrogens is 1. The Bertz CT molecular complexity index is 757. The fourth-order valence-corrected chi connectivity index (χ4v) is 4.30. The van der Waals surface area contributed by atoms with Gasteiger partial charge in [0.25, 0.3) is 5.91 Å². The molecule has 4 nitrogen and oxygen atoms in total. The summed E-state index contributed by atoms with van der Waals surface area (Å²) in [5.41, 5.74) is 1.37. The van der Waals surface area contributed by atoms with Crippen molar-refractivity contribution in [3.05, 3.63) is 41.0 Å². The zero-order valence-corrected chi connectivity index (χ0v) is 14.4. The minimum atomic E-state index is -0.0474. The van der Waals surface area contributed by atoms with Crippen molar-refractivity contribution < 1.29 is 4.79 Å². The summed E-state index contributed by atoms with van der Waals surface area (Å²) in [5.74, 6) is -0.0474. The van der Waals surface area contributed by atoms with Gasteiger partial charge in [0.1, 0.15) is 5.15 Å². The SMILES string of the molecule is O=C(NC1CCN(C2CCCC2)C1)c1cc(Cl)nc2ccccc12. The molecule has 1 aromatic heterocycles. The van der Waals surface area contributed by atoms with E-state index in [1.165, 1.54) is 25.7 Å². The Morgan fingerprint density at radius 1 is 1.21 bits per heavy atom. The van der Waals surface area contributed by atoms with E-state index in [4.69, 9.17) is 11.6 Å². The van der Waals surface area contributed by atoms with Crippen molar-refractivity contribution in [1.82, 2.24) is 15.2 Å². The van der Waals surface area contributed by atoms with Crippen molar-refractivity contribution in [2.24, 2.45) is 0 Å². The Labute approximate surface area is 147 Å². The van der Waals surface area contributed by atoms with Gasteiger partial charge in [0.05, 0.1) is 11.1 Å². The zero-order chi connectivity index (χ0) is 16.5. The van der Waals surface area contributed by atoms with Gasteiger partial charge in [0.2, 0.25) is 0 Å². The van der Waals surface area contributed by atoms with Crippen LogP contribution in [0.15, 0.2) is 30.3 Å². The zero-order valence-electron chi connectivity index (χ0n) is 13.7. The second-order valence-electron chi connectivity index (χ2n) is 6.90. The Kier molecular flexibility index (Phi) is 4.42. The molecule has 1 aliphatic carbocycles. The van der Waals surface area contributed by atoms with Crippen LogP contribution in [-0.2, 0) is 0 Å². The molecule has 5 heteroatoms. The van der Waals surface area contributed by atoms with Gasteiger partial charge in [-0.2, -0.15) is 0 Å². The number of pyridine rings is 1. The van der Waals surface area contributed by atoms with Gasteiger partial charge in [-0.15, -0.1) is 0 Å². The molecule has 24 heavy (non-hydrogen) atoms. The number of amides is 1. The largest absolute Gasteiger partial charge is 0.348 e. The van der Waals surface area contributed by atoms with Gasteiger partial charge in [-0.05, 0) is 31.4 Å². The quantitative estimate of drug-likeness (QED) is 0.865. The van der Waals surface area contributed by atoms with E-state index in [0.29, 0.717) is 10.7 Å². The van der Waals surface area contributed by atoms with Crippen LogP contribution in [-0.4, -0.2) is 41.0 Å². The fraction of sp³-hybridized carbons (Fsp3) is 0.474. The average molecular weight is 344 g/mol. The number of nitrogens with one attached hydrogen (secondary N) is 1. The third kappa shape index (κ3) is 3.13. The lowest BCUT2D eigenvalue weighted by Gasteiger charge is -2.23. The van der Waals surface area contributed by atoms with Crippen molar-refractivity contribution >= 4 is 28.4 Å². The maximum atomic E-state index is 12.8. The van der Waals surface area contributed by atoms with Crippen LogP contribution in [0.1, 0.15) is 42.5 Å². The Morgan fingerprint density at radius 2 is 2.00 bits per heavy atom. The van der Waals surface area contributed by atoms with Crippen molar-refractivity contribution in [1.29, 1.82) is 0 Å². The fourth-order valence-electron chi connectivity index (χ4n) is 4.10. The molecule has 2 aromatic rings. The first kappa shape index (κ1) is 15.9. The van der Waals surface area contributed by atoms with E-state index < -0.39 is 0 Å². The van der Waals surface area contributed by atoms with Crippen LogP contribution in [0.5, 0.6) is 0 Å². The predicted molar refractivity (Wildman–Crippen MR) is 96.5 cm³/mol. The number of carbonyl (C=O) groups excluding carboxylic acids is 1. The first-order valence-electron chi connectivity index (χ1n) is 8.81. The molecule has 0 radical (unpaired) electrons. The Morgan fingerprint density at radius 3 is 2.83 bits per heavy atom. The Hall–Kier alpha value is -1.65. The van der Waals surface area contributed by atoms with E-state index >= 15 is 0 Å². The summed E-state index contributed by atoms with van der Waals surface area (Å²) >= 11 is 6.09. The van der Waals surface area contributed by atoms with Gasteiger partial charge < -0.3 is 5.32 Å². The number of nitrogens with zero attached hydrogens (tertiary/aromatic N) is 2. The van der Waals surface area contributed by atoms with Gasteiger partial charge in [-0.25, -0.2) is 4.98 Å². The van der Waals surface area contributed by atoms with Gasteiger partial charge >= 0.3 is 0 Å². The number of para-hydroxylation sites is 1. The summed E-state index contributed by atoms with van der Waals surface area (Å²) in [7, 11) is 0. The molecule has 1 saturated heterocycles. The number of halogens is 1. The number of benzene rings is 1. The smallest absolute Gasteiger partial charge is 0.252 e. The normalized spacial score (nSPS) is 22.3. The van der Waals surface area contributed by atoms with E-state index in [1.54, 1.807) is 6.07 Å². The van der Waals surface area contributed by atoms with Gasteiger partial charge in [0.15, 0.2) is 0 Å². The molecule has 2 aliphatic rings.